The lowest BCUT2D eigenvalue weighted by Gasteiger charge is -2.14. The molecule has 0 saturated carbocycles. The number of hydrogen-bond acceptors (Lipinski definition) is 7. The lowest BCUT2D eigenvalue weighted by molar-refractivity contribution is 0.242. The zero-order valence-corrected chi connectivity index (χ0v) is 19.1. The summed E-state index contributed by atoms with van der Waals surface area (Å²) in [6.45, 7) is 3.94. The molecular formula is C20H22BrN5O3S. The summed E-state index contributed by atoms with van der Waals surface area (Å²) in [5.74, 6) is 1.55. The van der Waals surface area contributed by atoms with Crippen molar-refractivity contribution in [2.45, 2.75) is 24.8 Å². The first-order valence-electron chi connectivity index (χ1n) is 9.14. The van der Waals surface area contributed by atoms with Crippen molar-refractivity contribution in [3.63, 3.8) is 0 Å². The van der Waals surface area contributed by atoms with Crippen molar-refractivity contribution < 1.29 is 13.2 Å². The first kappa shape index (κ1) is 22.0. The predicted octanol–water partition coefficient (Wildman–Crippen LogP) is 4.42. The highest BCUT2D eigenvalue weighted by Crippen LogP contribution is 2.29. The van der Waals surface area contributed by atoms with Crippen molar-refractivity contribution in [1.29, 1.82) is 0 Å². The second-order valence-corrected chi connectivity index (χ2v) is 9.24. The van der Waals surface area contributed by atoms with Crippen LogP contribution in [0.25, 0.3) is 0 Å². The van der Waals surface area contributed by atoms with Gasteiger partial charge in [0.1, 0.15) is 16.5 Å². The van der Waals surface area contributed by atoms with Gasteiger partial charge in [-0.3, -0.25) is 0 Å². The van der Waals surface area contributed by atoms with E-state index in [1.54, 1.807) is 24.4 Å². The Kier molecular flexibility index (Phi) is 6.91. The molecule has 0 unspecified atom stereocenters. The van der Waals surface area contributed by atoms with Crippen molar-refractivity contribution in [3.05, 3.63) is 59.2 Å². The smallest absolute Gasteiger partial charge is 0.242 e. The molecule has 8 nitrogen and oxygen atoms in total. The number of halogens is 1. The van der Waals surface area contributed by atoms with Crippen LogP contribution in [0.15, 0.2) is 64.1 Å². The van der Waals surface area contributed by atoms with Crippen molar-refractivity contribution >= 4 is 49.1 Å². The van der Waals surface area contributed by atoms with Crippen LogP contribution in [0.4, 0.5) is 23.1 Å². The molecule has 2 aromatic carbocycles. The largest absolute Gasteiger partial charge is 0.491 e. The summed E-state index contributed by atoms with van der Waals surface area (Å²) in [4.78, 5) is 8.84. The van der Waals surface area contributed by atoms with Gasteiger partial charge >= 0.3 is 0 Å². The summed E-state index contributed by atoms with van der Waals surface area (Å²) >= 11 is 3.40. The normalized spacial score (nSPS) is 11.4. The van der Waals surface area contributed by atoms with Crippen LogP contribution in [0.2, 0.25) is 0 Å². The van der Waals surface area contributed by atoms with Crippen molar-refractivity contribution in [2.75, 3.05) is 17.7 Å². The standard InChI is InChI=1S/C20H22BrN5O3S/c1-13(2)29-15-10-8-14(9-11-15)24-20-23-12-16(21)19(26-20)25-17-6-4-5-7-18(17)30(27,28)22-3/h4-13,22H,1-3H3,(H2,23,24,25,26). The van der Waals surface area contributed by atoms with Crippen molar-refractivity contribution in [1.82, 2.24) is 14.7 Å². The SMILES string of the molecule is CNS(=O)(=O)c1ccccc1Nc1nc(Nc2ccc(OC(C)C)cc2)ncc1Br. The highest BCUT2D eigenvalue weighted by Gasteiger charge is 2.17. The lowest BCUT2D eigenvalue weighted by Crippen LogP contribution is -2.19. The predicted molar refractivity (Wildman–Crippen MR) is 121 cm³/mol. The molecule has 0 aliphatic heterocycles. The molecule has 0 bridgehead atoms. The van der Waals surface area contributed by atoms with E-state index in [0.29, 0.717) is 21.9 Å². The van der Waals surface area contributed by atoms with E-state index in [-0.39, 0.29) is 11.0 Å². The maximum atomic E-state index is 12.3. The van der Waals surface area contributed by atoms with Gasteiger partial charge in [-0.15, -0.1) is 0 Å². The Morgan fingerprint density at radius 3 is 2.40 bits per heavy atom. The first-order valence-corrected chi connectivity index (χ1v) is 11.4. The molecule has 1 heterocycles. The Balaban J connectivity index is 1.83. The molecule has 0 saturated heterocycles. The third-order valence-electron chi connectivity index (χ3n) is 3.92. The van der Waals surface area contributed by atoms with Crippen molar-refractivity contribution in [3.8, 4) is 5.75 Å². The van der Waals surface area contributed by atoms with Gasteiger partial charge in [0.15, 0.2) is 0 Å². The van der Waals surface area contributed by atoms with Gasteiger partial charge in [-0.05, 0) is 73.2 Å². The Bertz CT molecular complexity index is 1120. The molecule has 0 spiro atoms. The Hall–Kier alpha value is -2.69. The third-order valence-corrected chi connectivity index (χ3v) is 5.98. The quantitative estimate of drug-likeness (QED) is 0.428. The molecule has 3 aromatic rings. The molecule has 0 aliphatic rings. The van der Waals surface area contributed by atoms with Crippen LogP contribution in [0, 0.1) is 0 Å². The van der Waals surface area contributed by atoms with Gasteiger partial charge in [0.2, 0.25) is 16.0 Å². The second-order valence-electron chi connectivity index (χ2n) is 6.53. The van der Waals surface area contributed by atoms with Gasteiger partial charge in [-0.1, -0.05) is 12.1 Å². The molecule has 0 amide bonds. The molecule has 10 heteroatoms. The maximum absolute atomic E-state index is 12.3. The molecule has 3 rings (SSSR count). The van der Waals surface area contributed by atoms with Gasteiger partial charge in [0.25, 0.3) is 0 Å². The van der Waals surface area contributed by atoms with E-state index < -0.39 is 10.0 Å². The summed E-state index contributed by atoms with van der Waals surface area (Å²) in [5, 5.41) is 6.19. The van der Waals surface area contributed by atoms with Crippen LogP contribution < -0.4 is 20.1 Å². The highest BCUT2D eigenvalue weighted by molar-refractivity contribution is 9.10. The second kappa shape index (κ2) is 9.41. The fourth-order valence-electron chi connectivity index (χ4n) is 2.57. The molecule has 0 radical (unpaired) electrons. The number of anilines is 4. The average Bonchev–Trinajstić information content (AvgIpc) is 2.72. The summed E-state index contributed by atoms with van der Waals surface area (Å²) < 4.78 is 33.1. The van der Waals surface area contributed by atoms with Gasteiger partial charge < -0.3 is 15.4 Å². The van der Waals surface area contributed by atoms with Crippen LogP contribution >= 0.6 is 15.9 Å². The topological polar surface area (TPSA) is 105 Å². The maximum Gasteiger partial charge on any atom is 0.242 e. The summed E-state index contributed by atoms with van der Waals surface area (Å²) in [5.41, 5.74) is 1.19. The zero-order valence-electron chi connectivity index (χ0n) is 16.7. The van der Waals surface area contributed by atoms with E-state index in [4.69, 9.17) is 4.74 Å². The number of rotatable bonds is 8. The molecule has 1 aromatic heterocycles. The Labute approximate surface area is 184 Å². The van der Waals surface area contributed by atoms with Gasteiger partial charge in [-0.2, -0.15) is 4.98 Å². The molecule has 3 N–H and O–H groups in total. The number of hydrogen-bond donors (Lipinski definition) is 3. The minimum Gasteiger partial charge on any atom is -0.491 e. The third kappa shape index (κ3) is 5.47. The van der Waals surface area contributed by atoms with Crippen LogP contribution in [0.1, 0.15) is 13.8 Å². The van der Waals surface area contributed by atoms with E-state index in [2.05, 4.69) is 41.3 Å². The number of sulfonamides is 1. The summed E-state index contributed by atoms with van der Waals surface area (Å²) in [7, 11) is -2.26. The van der Waals surface area contributed by atoms with Gasteiger partial charge in [0, 0.05) is 11.9 Å². The molecule has 0 atom stereocenters. The van der Waals surface area contributed by atoms with Crippen LogP contribution in [-0.4, -0.2) is 31.5 Å². The fourth-order valence-corrected chi connectivity index (χ4v) is 3.75. The number of para-hydroxylation sites is 1. The van der Waals surface area contributed by atoms with Crippen LogP contribution in [-0.2, 0) is 10.0 Å². The number of ether oxygens (including phenoxy) is 1. The van der Waals surface area contributed by atoms with E-state index in [1.165, 1.54) is 13.1 Å². The van der Waals surface area contributed by atoms with E-state index in [1.807, 2.05) is 38.1 Å². The zero-order chi connectivity index (χ0) is 21.7. The number of nitrogens with zero attached hydrogens (tertiary/aromatic N) is 2. The Morgan fingerprint density at radius 2 is 1.73 bits per heavy atom. The molecule has 0 aliphatic carbocycles. The lowest BCUT2D eigenvalue weighted by atomic mass is 10.3. The number of nitrogens with one attached hydrogen (secondary N) is 3. The van der Waals surface area contributed by atoms with Crippen LogP contribution in [0.3, 0.4) is 0 Å². The minimum atomic E-state index is -3.63. The first-order chi connectivity index (χ1) is 14.3. The number of aromatic nitrogens is 2. The summed E-state index contributed by atoms with van der Waals surface area (Å²) in [6.07, 6.45) is 1.69. The Morgan fingerprint density at radius 1 is 1.03 bits per heavy atom. The van der Waals surface area contributed by atoms with Crippen LogP contribution in [0.5, 0.6) is 5.75 Å². The molecule has 158 valence electrons. The summed E-state index contributed by atoms with van der Waals surface area (Å²) in [6, 6.07) is 14.0. The molecule has 30 heavy (non-hydrogen) atoms. The average molecular weight is 492 g/mol. The monoisotopic (exact) mass is 491 g/mol. The highest BCUT2D eigenvalue weighted by atomic mass is 79.9. The van der Waals surface area contributed by atoms with E-state index >= 15 is 0 Å². The fraction of sp³-hybridized carbons (Fsp3) is 0.200. The van der Waals surface area contributed by atoms with E-state index in [9.17, 15) is 8.42 Å². The van der Waals surface area contributed by atoms with Gasteiger partial charge in [-0.25, -0.2) is 18.1 Å². The molecular weight excluding hydrogens is 470 g/mol. The molecule has 0 fully saturated rings. The van der Waals surface area contributed by atoms with Gasteiger partial charge in [0.05, 0.1) is 16.3 Å². The van der Waals surface area contributed by atoms with E-state index in [0.717, 1.165) is 11.4 Å². The van der Waals surface area contributed by atoms with Crippen molar-refractivity contribution in [2.24, 2.45) is 0 Å². The minimum absolute atomic E-state index is 0.0989. The number of benzene rings is 2.